The molecule has 140 valence electrons. The van der Waals surface area contributed by atoms with Crippen LogP contribution in [0.4, 0.5) is 0 Å². The molecule has 8 heteroatoms. The number of hydrogen-bond acceptors (Lipinski definition) is 3. The number of rotatable bonds is 6. The Morgan fingerprint density at radius 1 is 1.24 bits per heavy atom. The highest BCUT2D eigenvalue weighted by Gasteiger charge is 2.24. The predicted octanol–water partition coefficient (Wildman–Crippen LogP) is 2.07. The molecule has 2 N–H and O–H groups in total. The zero-order chi connectivity index (χ0) is 18.3. The van der Waals surface area contributed by atoms with E-state index in [1.54, 1.807) is 4.31 Å². The van der Waals surface area contributed by atoms with Crippen LogP contribution in [0.5, 0.6) is 0 Å². The van der Waals surface area contributed by atoms with Crippen molar-refractivity contribution in [3.63, 3.8) is 0 Å². The van der Waals surface area contributed by atoms with Gasteiger partial charge in [0.1, 0.15) is 0 Å². The van der Waals surface area contributed by atoms with E-state index in [2.05, 4.69) is 15.6 Å². The number of guanidine groups is 1. The molecule has 0 bridgehead atoms. The molecule has 2 rings (SSSR count). The Bertz CT molecular complexity index is 668. The van der Waals surface area contributed by atoms with Crippen molar-refractivity contribution in [1.82, 2.24) is 14.9 Å². The van der Waals surface area contributed by atoms with Crippen LogP contribution in [0.1, 0.15) is 25.3 Å². The van der Waals surface area contributed by atoms with E-state index in [9.17, 15) is 8.42 Å². The summed E-state index contributed by atoms with van der Waals surface area (Å²) < 4.78 is 24.7. The zero-order valence-electron chi connectivity index (χ0n) is 14.8. The highest BCUT2D eigenvalue weighted by atomic mass is 35.5. The van der Waals surface area contributed by atoms with Gasteiger partial charge >= 0.3 is 0 Å². The first kappa shape index (κ1) is 20.0. The summed E-state index contributed by atoms with van der Waals surface area (Å²) in [7, 11) is -3.06. The highest BCUT2D eigenvalue weighted by Crippen LogP contribution is 2.18. The summed E-state index contributed by atoms with van der Waals surface area (Å²) in [5.41, 5.74) is 1.10. The van der Waals surface area contributed by atoms with Crippen LogP contribution >= 0.6 is 11.6 Å². The van der Waals surface area contributed by atoms with Crippen LogP contribution in [0.3, 0.4) is 0 Å². The summed E-state index contributed by atoms with van der Waals surface area (Å²) in [6.07, 6.45) is 3.02. The zero-order valence-corrected chi connectivity index (χ0v) is 16.4. The van der Waals surface area contributed by atoms with Crippen LogP contribution in [0.2, 0.25) is 5.02 Å². The minimum Gasteiger partial charge on any atom is -0.357 e. The summed E-state index contributed by atoms with van der Waals surface area (Å²) in [5.74, 6) is 1.24. The molecule has 1 saturated heterocycles. The number of nitrogens with zero attached hydrogens (tertiary/aromatic N) is 2. The SMILES string of the molecule is CCNC(=NCc1ccc(Cl)cc1)NCC1CCN(S(C)(=O)=O)CC1. The van der Waals surface area contributed by atoms with E-state index >= 15 is 0 Å². The third-order valence-electron chi connectivity index (χ3n) is 4.28. The molecule has 1 fully saturated rings. The summed E-state index contributed by atoms with van der Waals surface area (Å²) >= 11 is 5.90. The van der Waals surface area contributed by atoms with E-state index < -0.39 is 10.0 Å². The number of nitrogens with one attached hydrogen (secondary N) is 2. The van der Waals surface area contributed by atoms with Crippen LogP contribution < -0.4 is 10.6 Å². The van der Waals surface area contributed by atoms with Gasteiger partial charge in [-0.2, -0.15) is 0 Å². The summed E-state index contributed by atoms with van der Waals surface area (Å²) in [4.78, 5) is 4.60. The largest absolute Gasteiger partial charge is 0.357 e. The van der Waals surface area contributed by atoms with E-state index in [0.29, 0.717) is 25.6 Å². The first-order chi connectivity index (χ1) is 11.9. The molecule has 0 atom stereocenters. The smallest absolute Gasteiger partial charge is 0.211 e. The average molecular weight is 387 g/mol. The first-order valence-corrected chi connectivity index (χ1v) is 10.8. The standard InChI is InChI=1S/C17H27ClN4O2S/c1-3-19-17(20-12-14-4-6-16(18)7-5-14)21-13-15-8-10-22(11-9-15)25(2,23)24/h4-7,15H,3,8-13H2,1-2H3,(H2,19,20,21). The van der Waals surface area contributed by atoms with Crippen LogP contribution in [-0.2, 0) is 16.6 Å². The monoisotopic (exact) mass is 386 g/mol. The number of sulfonamides is 1. The Kier molecular flexibility index (Phi) is 7.53. The quantitative estimate of drug-likeness (QED) is 0.579. The lowest BCUT2D eigenvalue weighted by molar-refractivity contribution is 0.275. The topological polar surface area (TPSA) is 73.8 Å². The Hall–Kier alpha value is -1.31. The molecule has 1 heterocycles. The third-order valence-corrected chi connectivity index (χ3v) is 5.83. The van der Waals surface area contributed by atoms with Crippen molar-refractivity contribution in [3.05, 3.63) is 34.9 Å². The molecule has 0 unspecified atom stereocenters. The van der Waals surface area contributed by atoms with E-state index in [1.807, 2.05) is 31.2 Å². The number of benzene rings is 1. The van der Waals surface area contributed by atoms with Gasteiger partial charge in [-0.3, -0.25) is 0 Å². The normalized spacial score (nSPS) is 17.5. The Labute approximate surface area is 155 Å². The number of aliphatic imine (C=N–C) groups is 1. The Balaban J connectivity index is 1.83. The van der Waals surface area contributed by atoms with E-state index in [1.165, 1.54) is 6.26 Å². The lowest BCUT2D eigenvalue weighted by Gasteiger charge is -2.30. The summed E-state index contributed by atoms with van der Waals surface area (Å²) in [6.45, 7) is 5.40. The molecule has 1 aromatic rings. The molecule has 0 radical (unpaired) electrons. The molecule has 0 saturated carbocycles. The molecule has 0 aliphatic carbocycles. The van der Waals surface area contributed by atoms with Gasteiger partial charge in [0.25, 0.3) is 0 Å². The van der Waals surface area contributed by atoms with Crippen molar-refractivity contribution in [3.8, 4) is 0 Å². The molecule has 1 aliphatic heterocycles. The minimum atomic E-state index is -3.06. The molecule has 25 heavy (non-hydrogen) atoms. The van der Waals surface area contributed by atoms with E-state index in [-0.39, 0.29) is 0 Å². The van der Waals surface area contributed by atoms with Crippen molar-refractivity contribution in [1.29, 1.82) is 0 Å². The second-order valence-electron chi connectivity index (χ2n) is 6.31. The molecular formula is C17H27ClN4O2S. The maximum atomic E-state index is 11.6. The Morgan fingerprint density at radius 2 is 1.88 bits per heavy atom. The molecule has 0 amide bonds. The molecule has 1 aromatic carbocycles. The Morgan fingerprint density at radius 3 is 2.44 bits per heavy atom. The second-order valence-corrected chi connectivity index (χ2v) is 8.73. The van der Waals surface area contributed by atoms with Gasteiger partial charge in [-0.25, -0.2) is 17.7 Å². The number of hydrogen-bond donors (Lipinski definition) is 2. The lowest BCUT2D eigenvalue weighted by Crippen LogP contribution is -2.44. The highest BCUT2D eigenvalue weighted by molar-refractivity contribution is 7.88. The maximum absolute atomic E-state index is 11.6. The van der Waals surface area contributed by atoms with E-state index in [4.69, 9.17) is 11.6 Å². The third kappa shape index (κ3) is 6.84. The number of piperidine rings is 1. The fraction of sp³-hybridized carbons (Fsp3) is 0.588. The van der Waals surface area contributed by atoms with Gasteiger partial charge < -0.3 is 10.6 Å². The molecular weight excluding hydrogens is 360 g/mol. The van der Waals surface area contributed by atoms with Gasteiger partial charge in [0.05, 0.1) is 12.8 Å². The molecule has 0 spiro atoms. The maximum Gasteiger partial charge on any atom is 0.211 e. The molecule has 6 nitrogen and oxygen atoms in total. The van der Waals surface area contributed by atoms with Gasteiger partial charge in [0.2, 0.25) is 10.0 Å². The van der Waals surface area contributed by atoms with Crippen LogP contribution in [0.25, 0.3) is 0 Å². The van der Waals surface area contributed by atoms with Crippen LogP contribution in [-0.4, -0.2) is 51.1 Å². The summed E-state index contributed by atoms with van der Waals surface area (Å²) in [6, 6.07) is 7.66. The number of halogens is 1. The van der Waals surface area contributed by atoms with Crippen molar-refractivity contribution in [2.75, 3.05) is 32.4 Å². The van der Waals surface area contributed by atoms with Crippen molar-refractivity contribution in [2.24, 2.45) is 10.9 Å². The van der Waals surface area contributed by atoms with E-state index in [0.717, 1.165) is 42.5 Å². The van der Waals surface area contributed by atoms with Gasteiger partial charge in [0.15, 0.2) is 5.96 Å². The predicted molar refractivity (Wildman–Crippen MR) is 103 cm³/mol. The van der Waals surface area contributed by atoms with Crippen LogP contribution in [0.15, 0.2) is 29.3 Å². The molecule has 0 aromatic heterocycles. The van der Waals surface area contributed by atoms with Gasteiger partial charge in [-0.15, -0.1) is 0 Å². The lowest BCUT2D eigenvalue weighted by atomic mass is 9.98. The van der Waals surface area contributed by atoms with Gasteiger partial charge in [0, 0.05) is 31.2 Å². The minimum absolute atomic E-state index is 0.456. The second kappa shape index (κ2) is 9.40. The fourth-order valence-corrected chi connectivity index (χ4v) is 3.79. The molecule has 1 aliphatic rings. The van der Waals surface area contributed by atoms with Crippen molar-refractivity contribution in [2.45, 2.75) is 26.3 Å². The van der Waals surface area contributed by atoms with Crippen molar-refractivity contribution < 1.29 is 8.42 Å². The fourth-order valence-electron chi connectivity index (χ4n) is 2.79. The van der Waals surface area contributed by atoms with Gasteiger partial charge in [-0.1, -0.05) is 23.7 Å². The van der Waals surface area contributed by atoms with Crippen molar-refractivity contribution >= 4 is 27.6 Å². The average Bonchev–Trinajstić information content (AvgIpc) is 2.58. The first-order valence-electron chi connectivity index (χ1n) is 8.60. The van der Waals surface area contributed by atoms with Crippen LogP contribution in [0, 0.1) is 5.92 Å². The van der Waals surface area contributed by atoms with Gasteiger partial charge in [-0.05, 0) is 43.4 Å². The summed E-state index contributed by atoms with van der Waals surface area (Å²) in [5, 5.41) is 7.33.